The third-order valence-electron chi connectivity index (χ3n) is 4.29. The number of halogens is 1. The summed E-state index contributed by atoms with van der Waals surface area (Å²) >= 11 is 3.34. The summed E-state index contributed by atoms with van der Waals surface area (Å²) in [5.74, 6) is 1.31. The molecule has 3 atom stereocenters. The molecule has 0 radical (unpaired) electrons. The third kappa shape index (κ3) is 3.05. The fraction of sp³-hybridized carbons (Fsp3) is 0.714. The highest BCUT2D eigenvalue weighted by Crippen LogP contribution is 2.33. The summed E-state index contributed by atoms with van der Waals surface area (Å²) in [6.45, 7) is 3.19. The molecule has 4 nitrogen and oxygen atoms in total. The molecule has 1 saturated carbocycles. The molecule has 3 rings (SSSR count). The Balaban J connectivity index is 1.70. The van der Waals surface area contributed by atoms with Crippen LogP contribution in [0, 0.1) is 5.92 Å². The van der Waals surface area contributed by atoms with E-state index >= 15 is 0 Å². The molecule has 1 N–H and O–H groups in total. The first-order valence-electron chi connectivity index (χ1n) is 6.98. The average Bonchev–Trinajstić information content (AvgIpc) is 2.99. The molecule has 1 aliphatic carbocycles. The largest absolute Gasteiger partial charge is 0.453 e. The number of rotatable bonds is 3. The van der Waals surface area contributed by atoms with Gasteiger partial charge in [0.2, 0.25) is 0 Å². The van der Waals surface area contributed by atoms with E-state index in [0.717, 1.165) is 56.0 Å². The summed E-state index contributed by atoms with van der Waals surface area (Å²) in [5.41, 5.74) is 0. The fourth-order valence-corrected chi connectivity index (χ4v) is 3.64. The van der Waals surface area contributed by atoms with E-state index in [0.29, 0.717) is 12.0 Å². The van der Waals surface area contributed by atoms with Crippen LogP contribution in [0.4, 0.5) is 0 Å². The number of aliphatic hydroxyl groups excluding tert-OH is 1. The Kier molecular flexibility index (Phi) is 4.27. The zero-order valence-corrected chi connectivity index (χ0v) is 12.5. The van der Waals surface area contributed by atoms with E-state index in [1.807, 2.05) is 12.1 Å². The van der Waals surface area contributed by atoms with E-state index < -0.39 is 0 Å². The lowest BCUT2D eigenvalue weighted by Gasteiger charge is -2.39. The normalized spacial score (nSPS) is 32.8. The molecule has 0 unspecified atom stereocenters. The van der Waals surface area contributed by atoms with Gasteiger partial charge in [-0.1, -0.05) is 6.42 Å². The fourth-order valence-electron chi connectivity index (χ4n) is 3.30. The van der Waals surface area contributed by atoms with Crippen LogP contribution in [0.1, 0.15) is 25.0 Å². The van der Waals surface area contributed by atoms with Crippen molar-refractivity contribution in [3.05, 3.63) is 22.6 Å². The number of hydrogen-bond donors (Lipinski definition) is 1. The molecule has 19 heavy (non-hydrogen) atoms. The van der Waals surface area contributed by atoms with E-state index in [9.17, 15) is 5.11 Å². The lowest BCUT2D eigenvalue weighted by atomic mass is 9.94. The number of furan rings is 1. The first-order chi connectivity index (χ1) is 9.24. The van der Waals surface area contributed by atoms with Crippen molar-refractivity contribution in [3.8, 4) is 0 Å². The van der Waals surface area contributed by atoms with E-state index in [1.165, 1.54) is 0 Å². The van der Waals surface area contributed by atoms with Crippen molar-refractivity contribution in [3.63, 3.8) is 0 Å². The second-order valence-corrected chi connectivity index (χ2v) is 6.26. The molecule has 1 aromatic rings. The molecule has 0 spiro atoms. The number of morpholine rings is 1. The van der Waals surface area contributed by atoms with Crippen LogP contribution in [0.15, 0.2) is 21.2 Å². The molecular formula is C14H20BrNO3. The van der Waals surface area contributed by atoms with Gasteiger partial charge in [0.15, 0.2) is 4.67 Å². The van der Waals surface area contributed by atoms with Crippen LogP contribution in [0.3, 0.4) is 0 Å². The van der Waals surface area contributed by atoms with Gasteiger partial charge in [0.1, 0.15) is 5.76 Å². The van der Waals surface area contributed by atoms with Gasteiger partial charge in [0, 0.05) is 18.5 Å². The van der Waals surface area contributed by atoms with E-state index in [2.05, 4.69) is 20.8 Å². The Morgan fingerprint density at radius 1 is 1.37 bits per heavy atom. The smallest absolute Gasteiger partial charge is 0.169 e. The molecule has 2 fully saturated rings. The second-order valence-electron chi connectivity index (χ2n) is 5.48. The molecule has 0 amide bonds. The van der Waals surface area contributed by atoms with Crippen LogP contribution in [-0.4, -0.2) is 41.9 Å². The molecule has 0 aromatic carbocycles. The minimum absolute atomic E-state index is 0.169. The Labute approximate surface area is 121 Å². The van der Waals surface area contributed by atoms with Gasteiger partial charge in [-0.15, -0.1) is 0 Å². The minimum atomic E-state index is -0.169. The predicted molar refractivity (Wildman–Crippen MR) is 74.8 cm³/mol. The van der Waals surface area contributed by atoms with Gasteiger partial charge in [-0.3, -0.25) is 4.90 Å². The second kappa shape index (κ2) is 5.95. The van der Waals surface area contributed by atoms with Crippen LogP contribution in [-0.2, 0) is 11.3 Å². The summed E-state index contributed by atoms with van der Waals surface area (Å²) in [4.78, 5) is 2.40. The van der Waals surface area contributed by atoms with Crippen molar-refractivity contribution >= 4 is 15.9 Å². The molecule has 1 aliphatic heterocycles. The van der Waals surface area contributed by atoms with Gasteiger partial charge in [-0.2, -0.15) is 0 Å². The quantitative estimate of drug-likeness (QED) is 0.924. The molecular weight excluding hydrogens is 310 g/mol. The molecule has 0 bridgehead atoms. The summed E-state index contributed by atoms with van der Waals surface area (Å²) in [7, 11) is 0. The standard InChI is InChI=1S/C14H20BrNO3/c15-14-5-4-10(19-14)8-16-6-7-18-9-12(16)11-2-1-3-13(11)17/h4-5,11-13,17H,1-3,6-9H2/t11-,12+,13+/m0/s1. The van der Waals surface area contributed by atoms with E-state index in [1.54, 1.807) is 0 Å². The number of hydrogen-bond acceptors (Lipinski definition) is 4. The van der Waals surface area contributed by atoms with Gasteiger partial charge in [0.25, 0.3) is 0 Å². The number of nitrogens with zero attached hydrogens (tertiary/aromatic N) is 1. The highest BCUT2D eigenvalue weighted by Gasteiger charge is 2.37. The average molecular weight is 330 g/mol. The first-order valence-corrected chi connectivity index (χ1v) is 7.77. The Hall–Kier alpha value is -0.360. The van der Waals surface area contributed by atoms with Crippen LogP contribution in [0.2, 0.25) is 0 Å². The van der Waals surface area contributed by atoms with Crippen LogP contribution < -0.4 is 0 Å². The van der Waals surface area contributed by atoms with E-state index in [-0.39, 0.29) is 6.10 Å². The third-order valence-corrected chi connectivity index (χ3v) is 4.72. The predicted octanol–water partition coefficient (Wildman–Crippen LogP) is 2.40. The SMILES string of the molecule is O[C@@H]1CCC[C@H]1[C@H]1COCCN1Cc1ccc(Br)o1. The molecule has 106 valence electrons. The van der Waals surface area contributed by atoms with Gasteiger partial charge < -0.3 is 14.3 Å². The highest BCUT2D eigenvalue weighted by molar-refractivity contribution is 9.10. The minimum Gasteiger partial charge on any atom is -0.453 e. The van der Waals surface area contributed by atoms with Crippen molar-refractivity contribution in [2.75, 3.05) is 19.8 Å². The van der Waals surface area contributed by atoms with Crippen LogP contribution >= 0.6 is 15.9 Å². The van der Waals surface area contributed by atoms with Gasteiger partial charge in [-0.05, 0) is 40.9 Å². The molecule has 5 heteroatoms. The van der Waals surface area contributed by atoms with Crippen molar-refractivity contribution in [1.82, 2.24) is 4.90 Å². The topological polar surface area (TPSA) is 45.8 Å². The maximum absolute atomic E-state index is 10.1. The number of ether oxygens (including phenoxy) is 1. The zero-order valence-electron chi connectivity index (χ0n) is 10.9. The van der Waals surface area contributed by atoms with Gasteiger partial charge in [0.05, 0.1) is 25.9 Å². The van der Waals surface area contributed by atoms with E-state index in [4.69, 9.17) is 9.15 Å². The summed E-state index contributed by atoms with van der Waals surface area (Å²) in [5, 5.41) is 10.1. The van der Waals surface area contributed by atoms with Crippen molar-refractivity contribution in [2.24, 2.45) is 5.92 Å². The summed E-state index contributed by atoms with van der Waals surface area (Å²) in [6, 6.07) is 4.24. The van der Waals surface area contributed by atoms with Crippen molar-refractivity contribution in [1.29, 1.82) is 0 Å². The maximum atomic E-state index is 10.1. The highest BCUT2D eigenvalue weighted by atomic mass is 79.9. The number of aliphatic hydroxyl groups is 1. The van der Waals surface area contributed by atoms with Crippen molar-refractivity contribution in [2.45, 2.75) is 38.0 Å². The summed E-state index contributed by atoms with van der Waals surface area (Å²) in [6.07, 6.45) is 3.00. The van der Waals surface area contributed by atoms with Crippen LogP contribution in [0.5, 0.6) is 0 Å². The lowest BCUT2D eigenvalue weighted by molar-refractivity contribution is -0.0557. The lowest BCUT2D eigenvalue weighted by Crippen LogP contribution is -2.50. The monoisotopic (exact) mass is 329 g/mol. The van der Waals surface area contributed by atoms with Crippen molar-refractivity contribution < 1.29 is 14.3 Å². The maximum Gasteiger partial charge on any atom is 0.169 e. The van der Waals surface area contributed by atoms with Gasteiger partial charge in [-0.25, -0.2) is 0 Å². The molecule has 2 heterocycles. The molecule has 2 aliphatic rings. The molecule has 1 saturated heterocycles. The Bertz CT molecular complexity index is 423. The zero-order chi connectivity index (χ0) is 13.2. The Morgan fingerprint density at radius 3 is 2.95 bits per heavy atom. The van der Waals surface area contributed by atoms with Gasteiger partial charge >= 0.3 is 0 Å². The summed E-state index contributed by atoms with van der Waals surface area (Å²) < 4.78 is 12.0. The first kappa shape index (κ1) is 13.6. The van der Waals surface area contributed by atoms with Crippen LogP contribution in [0.25, 0.3) is 0 Å². The molecule has 1 aromatic heterocycles. The Morgan fingerprint density at radius 2 is 2.26 bits per heavy atom.